The third kappa shape index (κ3) is 5.62. The van der Waals surface area contributed by atoms with Crippen LogP contribution in [0, 0.1) is 5.41 Å². The van der Waals surface area contributed by atoms with E-state index in [1.54, 1.807) is 13.1 Å². The fraction of sp³-hybridized carbons (Fsp3) is 0.182. The number of hydrogen-bond acceptors (Lipinski definition) is 4. The summed E-state index contributed by atoms with van der Waals surface area (Å²) in [5.41, 5.74) is 0.895. The number of ketones is 1. The zero-order chi connectivity index (χ0) is 21.4. The number of carbonyl (C=O) groups excluding carboxylic acids is 1. The number of nitrogens with one attached hydrogen (secondary N) is 1. The number of aromatic nitrogens is 2. The lowest BCUT2D eigenvalue weighted by Gasteiger charge is -2.27. The second-order valence-electron chi connectivity index (χ2n) is 6.63. The molecular weight excluding hydrogens is 372 g/mol. The van der Waals surface area contributed by atoms with Gasteiger partial charge < -0.3 is 10.2 Å². The molecule has 0 aliphatic heterocycles. The minimum absolute atomic E-state index is 0.0578. The van der Waals surface area contributed by atoms with E-state index in [2.05, 4.69) is 22.3 Å². The lowest BCUT2D eigenvalue weighted by Crippen LogP contribution is -2.39. The first-order chi connectivity index (χ1) is 13.7. The molecule has 3 rings (SSSR count). The topological polar surface area (TPSA) is 120 Å². The van der Waals surface area contributed by atoms with Gasteiger partial charge in [-0.3, -0.25) is 14.7 Å². The molecule has 7 heteroatoms. The predicted molar refractivity (Wildman–Crippen MR) is 109 cm³/mol. The Kier molecular flexibility index (Phi) is 7.03. The van der Waals surface area contributed by atoms with Gasteiger partial charge in [0.2, 0.25) is 0 Å². The van der Waals surface area contributed by atoms with Crippen LogP contribution in [0.5, 0.6) is 0 Å². The predicted octanol–water partition coefficient (Wildman–Crippen LogP) is 3.59. The van der Waals surface area contributed by atoms with Gasteiger partial charge in [0.25, 0.3) is 0 Å². The summed E-state index contributed by atoms with van der Waals surface area (Å²) >= 11 is 0. The van der Waals surface area contributed by atoms with Crippen molar-refractivity contribution in [2.75, 3.05) is 0 Å². The minimum Gasteiger partial charge on any atom is -0.480 e. The first-order valence-corrected chi connectivity index (χ1v) is 8.85. The number of hydrogen-bond donors (Lipinski definition) is 3. The number of carboxylic acids is 2. The molecule has 1 heterocycles. The molecule has 0 bridgehead atoms. The highest BCUT2D eigenvalue weighted by Gasteiger charge is 2.44. The summed E-state index contributed by atoms with van der Waals surface area (Å²) in [6.45, 7) is 2.73. The monoisotopic (exact) mass is 394 g/mol. The molecule has 0 saturated carbocycles. The maximum atomic E-state index is 11.4. The number of carbonyl (C=O) groups is 3. The SMILES string of the molecule is C(=Cc1ccn[nH]1)c1ccccc1.CC(=O)C1(C(=O)O)C=C(C)C=C(C(=O)O)C1. The van der Waals surface area contributed by atoms with Crippen molar-refractivity contribution in [3.63, 3.8) is 0 Å². The normalized spacial score (nSPS) is 18.3. The van der Waals surface area contributed by atoms with Crippen molar-refractivity contribution < 1.29 is 24.6 Å². The van der Waals surface area contributed by atoms with Crippen molar-refractivity contribution in [1.82, 2.24) is 10.2 Å². The number of aromatic amines is 1. The van der Waals surface area contributed by atoms with Crippen molar-refractivity contribution in [2.24, 2.45) is 5.41 Å². The van der Waals surface area contributed by atoms with Crippen molar-refractivity contribution in [1.29, 1.82) is 0 Å². The van der Waals surface area contributed by atoms with Crippen molar-refractivity contribution in [3.05, 3.63) is 77.2 Å². The Hall–Kier alpha value is -3.74. The number of benzene rings is 1. The molecule has 0 spiro atoms. The quantitative estimate of drug-likeness (QED) is 0.667. The minimum atomic E-state index is -1.73. The smallest absolute Gasteiger partial charge is 0.331 e. The lowest BCUT2D eigenvalue weighted by atomic mass is 9.73. The molecule has 0 amide bonds. The molecule has 1 unspecified atom stereocenters. The largest absolute Gasteiger partial charge is 0.480 e. The Bertz CT molecular complexity index is 956. The third-order valence-electron chi connectivity index (χ3n) is 4.41. The molecule has 0 radical (unpaired) electrons. The molecule has 1 atom stereocenters. The molecule has 1 aliphatic carbocycles. The Balaban J connectivity index is 0.000000211. The van der Waals surface area contributed by atoms with E-state index >= 15 is 0 Å². The van der Waals surface area contributed by atoms with Gasteiger partial charge in [0.15, 0.2) is 5.78 Å². The van der Waals surface area contributed by atoms with E-state index in [1.807, 2.05) is 36.4 Å². The van der Waals surface area contributed by atoms with E-state index in [0.29, 0.717) is 5.57 Å². The van der Waals surface area contributed by atoms with Gasteiger partial charge in [-0.15, -0.1) is 0 Å². The summed E-state index contributed by atoms with van der Waals surface area (Å²) in [5, 5.41) is 24.7. The van der Waals surface area contributed by atoms with Crippen LogP contribution in [0.1, 0.15) is 31.5 Å². The van der Waals surface area contributed by atoms with E-state index in [0.717, 1.165) is 12.6 Å². The average Bonchev–Trinajstić information content (AvgIpc) is 3.20. The van der Waals surface area contributed by atoms with Crippen molar-refractivity contribution in [2.45, 2.75) is 20.3 Å². The van der Waals surface area contributed by atoms with Gasteiger partial charge in [-0.25, -0.2) is 4.79 Å². The summed E-state index contributed by atoms with van der Waals surface area (Å²) in [7, 11) is 0. The number of rotatable bonds is 5. The Morgan fingerprint density at radius 2 is 1.79 bits per heavy atom. The fourth-order valence-electron chi connectivity index (χ4n) is 2.87. The highest BCUT2D eigenvalue weighted by atomic mass is 16.4. The molecule has 2 aromatic rings. The maximum Gasteiger partial charge on any atom is 0.331 e. The maximum absolute atomic E-state index is 11.4. The van der Waals surface area contributed by atoms with E-state index in [4.69, 9.17) is 10.2 Å². The van der Waals surface area contributed by atoms with Crippen LogP contribution in [0.25, 0.3) is 12.2 Å². The summed E-state index contributed by atoms with van der Waals surface area (Å²) in [6, 6.07) is 12.1. The molecule has 7 nitrogen and oxygen atoms in total. The standard InChI is InChI=1S/C11H10N2.C11H12O5/c1-2-4-10(5-3-1)6-7-11-8-9-12-13-11;1-6-3-8(9(13)14)5-11(4-6,7(2)12)10(15)16/h1-9H,(H,12,13);3-4H,5H2,1-2H3,(H,13,14)(H,15,16). The molecule has 1 aromatic carbocycles. The second-order valence-corrected chi connectivity index (χ2v) is 6.63. The fourth-order valence-corrected chi connectivity index (χ4v) is 2.87. The number of aliphatic carboxylic acids is 2. The van der Waals surface area contributed by atoms with Gasteiger partial charge in [-0.05, 0) is 37.6 Å². The molecule has 1 aromatic heterocycles. The number of Topliss-reactive ketones (excluding diaryl/α,β-unsaturated/α-hetero) is 1. The van der Waals surface area contributed by atoms with Crippen LogP contribution in [0.3, 0.4) is 0 Å². The number of carboxylic acid groups (broad SMARTS) is 2. The Labute approximate surface area is 168 Å². The zero-order valence-corrected chi connectivity index (χ0v) is 16.1. The molecule has 0 saturated heterocycles. The number of nitrogens with zero attached hydrogens (tertiary/aromatic N) is 1. The van der Waals surface area contributed by atoms with Crippen LogP contribution < -0.4 is 0 Å². The van der Waals surface area contributed by atoms with Gasteiger partial charge in [0.05, 0.1) is 5.69 Å². The van der Waals surface area contributed by atoms with E-state index in [9.17, 15) is 14.4 Å². The summed E-state index contributed by atoms with van der Waals surface area (Å²) < 4.78 is 0. The van der Waals surface area contributed by atoms with Crippen molar-refractivity contribution >= 4 is 29.9 Å². The first kappa shape index (κ1) is 21.6. The molecule has 29 heavy (non-hydrogen) atoms. The highest BCUT2D eigenvalue weighted by Crippen LogP contribution is 2.35. The van der Waals surface area contributed by atoms with Crippen LogP contribution >= 0.6 is 0 Å². The third-order valence-corrected chi connectivity index (χ3v) is 4.41. The number of allylic oxidation sites excluding steroid dienone is 2. The number of H-pyrrole nitrogens is 1. The summed E-state index contributed by atoms with van der Waals surface area (Å²) in [6.07, 6.45) is 8.18. The lowest BCUT2D eigenvalue weighted by molar-refractivity contribution is -0.151. The van der Waals surface area contributed by atoms with Gasteiger partial charge >= 0.3 is 11.9 Å². The molecule has 150 valence electrons. The van der Waals surface area contributed by atoms with Gasteiger partial charge in [-0.2, -0.15) is 5.10 Å². The van der Waals surface area contributed by atoms with E-state index in [-0.39, 0.29) is 12.0 Å². The first-order valence-electron chi connectivity index (χ1n) is 8.85. The van der Waals surface area contributed by atoms with Gasteiger partial charge in [-0.1, -0.05) is 48.1 Å². The molecule has 0 fully saturated rings. The van der Waals surface area contributed by atoms with E-state index in [1.165, 1.54) is 17.7 Å². The zero-order valence-electron chi connectivity index (χ0n) is 16.1. The van der Waals surface area contributed by atoms with Gasteiger partial charge in [0, 0.05) is 18.2 Å². The molecule has 1 aliphatic rings. The Morgan fingerprint density at radius 3 is 2.31 bits per heavy atom. The van der Waals surface area contributed by atoms with E-state index < -0.39 is 23.1 Å². The summed E-state index contributed by atoms with van der Waals surface area (Å²) in [4.78, 5) is 33.4. The molecule has 3 N–H and O–H groups in total. The van der Waals surface area contributed by atoms with Crippen molar-refractivity contribution in [3.8, 4) is 0 Å². The highest BCUT2D eigenvalue weighted by molar-refractivity contribution is 6.06. The van der Waals surface area contributed by atoms with Crippen LogP contribution in [0.15, 0.2) is 65.9 Å². The van der Waals surface area contributed by atoms with Crippen LogP contribution in [-0.2, 0) is 14.4 Å². The molecular formula is C22H22N2O5. The van der Waals surface area contributed by atoms with Gasteiger partial charge in [0.1, 0.15) is 5.41 Å². The summed E-state index contributed by atoms with van der Waals surface area (Å²) in [5.74, 6) is -3.07. The van der Waals surface area contributed by atoms with Crippen LogP contribution in [0.2, 0.25) is 0 Å². The van der Waals surface area contributed by atoms with Crippen LogP contribution in [0.4, 0.5) is 0 Å². The Morgan fingerprint density at radius 1 is 1.10 bits per heavy atom. The second kappa shape index (κ2) is 9.45. The van der Waals surface area contributed by atoms with Crippen LogP contribution in [-0.4, -0.2) is 38.1 Å². The average molecular weight is 394 g/mol.